The molecule has 0 atom stereocenters. The Bertz CT molecular complexity index is 1620. The molecule has 1 fully saturated rings. The van der Waals surface area contributed by atoms with E-state index in [1.807, 2.05) is 0 Å². The number of amides is 2. The fourth-order valence-corrected chi connectivity index (χ4v) is 4.40. The van der Waals surface area contributed by atoms with Gasteiger partial charge in [0.15, 0.2) is 0 Å². The normalized spacial score (nSPS) is 14.1. The highest BCUT2D eigenvalue weighted by Gasteiger charge is 2.35. The molecule has 1 aliphatic heterocycles. The molecule has 12 heteroatoms. The van der Waals surface area contributed by atoms with Crippen LogP contribution in [0, 0.1) is 5.82 Å². The van der Waals surface area contributed by atoms with Crippen molar-refractivity contribution in [3.8, 4) is 11.1 Å². The van der Waals surface area contributed by atoms with Crippen LogP contribution in [0.2, 0.25) is 0 Å². The number of benzene rings is 2. The molecule has 2 aromatic carbocycles. The zero-order valence-corrected chi connectivity index (χ0v) is 21.5. The quantitative estimate of drug-likeness (QED) is 0.249. The van der Waals surface area contributed by atoms with Gasteiger partial charge in [-0.1, -0.05) is 6.07 Å². The number of hydrogen-bond acceptors (Lipinski definition) is 6. The van der Waals surface area contributed by atoms with Crippen LogP contribution in [0.4, 0.5) is 23.4 Å². The van der Waals surface area contributed by atoms with Gasteiger partial charge < -0.3 is 25.1 Å². The Labute approximate surface area is 231 Å². The average Bonchev–Trinajstić information content (AvgIpc) is 3.38. The maximum atomic E-state index is 14.6. The van der Waals surface area contributed by atoms with Crippen molar-refractivity contribution in [1.82, 2.24) is 15.2 Å². The van der Waals surface area contributed by atoms with Gasteiger partial charge in [-0.2, -0.15) is 13.2 Å². The lowest BCUT2D eigenvalue weighted by Crippen LogP contribution is -2.41. The van der Waals surface area contributed by atoms with Crippen LogP contribution in [0.3, 0.4) is 0 Å². The van der Waals surface area contributed by atoms with Crippen LogP contribution >= 0.6 is 0 Å². The smallest absolute Gasteiger partial charge is 0.420 e. The highest BCUT2D eigenvalue weighted by Crippen LogP contribution is 2.39. The van der Waals surface area contributed by atoms with Crippen LogP contribution < -0.4 is 11.1 Å². The minimum Gasteiger partial charge on any atom is -0.459 e. The second-order valence-electron chi connectivity index (χ2n) is 9.32. The van der Waals surface area contributed by atoms with Gasteiger partial charge in [-0.15, -0.1) is 0 Å². The number of halogens is 4. The summed E-state index contributed by atoms with van der Waals surface area (Å²) in [6.07, 6.45) is -0.527. The number of nitrogens with zero attached hydrogens (tertiary/aromatic N) is 2. The summed E-state index contributed by atoms with van der Waals surface area (Å²) in [4.78, 5) is 30.5. The number of nitrogens with one attached hydrogen (secondary N) is 1. The topological polar surface area (TPSA) is 111 Å². The van der Waals surface area contributed by atoms with Gasteiger partial charge in [-0.3, -0.25) is 9.59 Å². The first-order chi connectivity index (χ1) is 19.6. The Morgan fingerprint density at radius 1 is 1.05 bits per heavy atom. The van der Waals surface area contributed by atoms with Gasteiger partial charge >= 0.3 is 6.18 Å². The van der Waals surface area contributed by atoms with Crippen molar-refractivity contribution in [3.63, 3.8) is 0 Å². The van der Waals surface area contributed by atoms with Gasteiger partial charge in [0.2, 0.25) is 5.91 Å². The molecular weight excluding hydrogens is 544 g/mol. The van der Waals surface area contributed by atoms with Crippen molar-refractivity contribution in [2.75, 3.05) is 32.0 Å². The Balaban J connectivity index is 1.41. The molecule has 0 spiro atoms. The second kappa shape index (κ2) is 11.4. The summed E-state index contributed by atoms with van der Waals surface area (Å²) >= 11 is 0. The molecule has 8 nitrogen and oxygen atoms in total. The SMILES string of the molecule is Nc1ccc(/C=C/C(=O)NCc2cc3cc(-c4ccc(F)c(C(=O)N5CCOCC5)c4)cc(C(F)(F)F)c3o2)cn1. The molecule has 2 amide bonds. The van der Waals surface area contributed by atoms with E-state index in [1.165, 1.54) is 47.5 Å². The van der Waals surface area contributed by atoms with Gasteiger partial charge in [-0.05, 0) is 65.2 Å². The van der Waals surface area contributed by atoms with Gasteiger partial charge in [0.25, 0.3) is 5.91 Å². The number of fused-ring (bicyclic) bond motifs is 1. The van der Waals surface area contributed by atoms with Crippen molar-refractivity contribution in [2.24, 2.45) is 0 Å². The van der Waals surface area contributed by atoms with Crippen LogP contribution in [0.1, 0.15) is 27.2 Å². The van der Waals surface area contributed by atoms with Crippen molar-refractivity contribution in [3.05, 3.63) is 89.1 Å². The van der Waals surface area contributed by atoms with Gasteiger partial charge in [0, 0.05) is 30.7 Å². The number of carbonyl (C=O) groups excluding carboxylic acids is 2. The molecular formula is C29H24F4N4O4. The molecule has 41 heavy (non-hydrogen) atoms. The Kier molecular flexibility index (Phi) is 7.75. The van der Waals surface area contributed by atoms with Crippen LogP contribution in [0.25, 0.3) is 28.2 Å². The van der Waals surface area contributed by atoms with Gasteiger partial charge in [0.05, 0.1) is 30.9 Å². The number of alkyl halides is 3. The number of pyridine rings is 1. The first-order valence-corrected chi connectivity index (χ1v) is 12.6. The number of anilines is 1. The summed E-state index contributed by atoms with van der Waals surface area (Å²) in [5.41, 5.74) is 4.84. The van der Waals surface area contributed by atoms with E-state index < -0.39 is 35.0 Å². The van der Waals surface area contributed by atoms with Crippen LogP contribution in [0.5, 0.6) is 0 Å². The Hall–Kier alpha value is -4.71. The van der Waals surface area contributed by atoms with E-state index >= 15 is 0 Å². The third-order valence-electron chi connectivity index (χ3n) is 6.47. The zero-order valence-electron chi connectivity index (χ0n) is 21.5. The summed E-state index contributed by atoms with van der Waals surface area (Å²) in [5, 5.41) is 2.70. The maximum absolute atomic E-state index is 14.6. The number of carbonyl (C=O) groups is 2. The molecule has 3 heterocycles. The van der Waals surface area contributed by atoms with Crippen LogP contribution in [-0.2, 0) is 22.3 Å². The number of morpholine rings is 1. The highest BCUT2D eigenvalue weighted by atomic mass is 19.4. The summed E-state index contributed by atoms with van der Waals surface area (Å²) in [6.45, 7) is 1.04. The summed E-state index contributed by atoms with van der Waals surface area (Å²) in [5.74, 6) is -1.40. The number of hydrogen-bond donors (Lipinski definition) is 2. The first-order valence-electron chi connectivity index (χ1n) is 12.6. The fourth-order valence-electron chi connectivity index (χ4n) is 4.40. The molecule has 0 radical (unpaired) electrons. The van der Waals surface area contributed by atoms with Gasteiger partial charge in [-0.25, -0.2) is 9.37 Å². The number of rotatable bonds is 6. The van der Waals surface area contributed by atoms with Crippen molar-refractivity contribution >= 4 is 34.7 Å². The number of furan rings is 1. The van der Waals surface area contributed by atoms with E-state index in [0.717, 1.165) is 12.1 Å². The number of ether oxygens (including phenoxy) is 1. The summed E-state index contributed by atoms with van der Waals surface area (Å²) in [6, 6.07) is 10.6. The highest BCUT2D eigenvalue weighted by molar-refractivity contribution is 5.96. The Morgan fingerprint density at radius 2 is 1.83 bits per heavy atom. The number of nitrogens with two attached hydrogens (primary N) is 1. The molecule has 4 aromatic rings. The second-order valence-corrected chi connectivity index (χ2v) is 9.32. The molecule has 0 unspecified atom stereocenters. The lowest BCUT2D eigenvalue weighted by atomic mass is 9.98. The molecule has 0 aliphatic carbocycles. The van der Waals surface area contributed by atoms with E-state index in [2.05, 4.69) is 10.3 Å². The molecule has 5 rings (SSSR count). The predicted molar refractivity (Wildman–Crippen MR) is 143 cm³/mol. The minimum absolute atomic E-state index is 0.0980. The van der Waals surface area contributed by atoms with Crippen molar-refractivity contribution < 1.29 is 36.3 Å². The van der Waals surface area contributed by atoms with E-state index in [9.17, 15) is 27.2 Å². The minimum atomic E-state index is -4.77. The van der Waals surface area contributed by atoms with E-state index in [0.29, 0.717) is 24.6 Å². The molecule has 212 valence electrons. The summed E-state index contributed by atoms with van der Waals surface area (Å²) in [7, 11) is 0. The lowest BCUT2D eigenvalue weighted by Gasteiger charge is -2.27. The van der Waals surface area contributed by atoms with E-state index in [-0.39, 0.29) is 47.5 Å². The lowest BCUT2D eigenvalue weighted by molar-refractivity contribution is -0.136. The summed E-state index contributed by atoms with van der Waals surface area (Å²) < 4.78 is 67.5. The van der Waals surface area contributed by atoms with E-state index in [1.54, 1.807) is 12.1 Å². The Morgan fingerprint density at radius 3 is 2.54 bits per heavy atom. The van der Waals surface area contributed by atoms with Crippen molar-refractivity contribution in [2.45, 2.75) is 12.7 Å². The number of nitrogen functional groups attached to an aromatic ring is 1. The van der Waals surface area contributed by atoms with Crippen LogP contribution in [-0.4, -0.2) is 48.0 Å². The first kappa shape index (κ1) is 27.8. The third kappa shape index (κ3) is 6.38. The number of aromatic nitrogens is 1. The van der Waals surface area contributed by atoms with Crippen LogP contribution in [0.15, 0.2) is 65.2 Å². The maximum Gasteiger partial charge on any atom is 0.420 e. The standard InChI is InChI=1S/C29H24F4N4O4/c30-24-4-3-18(13-22(24)28(39)37-7-9-40-10-8-37)19-11-20-12-21(41-27(20)23(14-19)29(31,32)33)16-36-26(38)6-2-17-1-5-25(34)35-15-17/h1-6,11-15H,7-10,16H2,(H2,34,35)(H,36,38)/b6-2+. The molecule has 1 aliphatic rings. The monoisotopic (exact) mass is 568 g/mol. The molecule has 2 aromatic heterocycles. The fraction of sp³-hybridized carbons (Fsp3) is 0.207. The van der Waals surface area contributed by atoms with Crippen molar-refractivity contribution in [1.29, 1.82) is 0 Å². The average molecular weight is 569 g/mol. The molecule has 3 N–H and O–H groups in total. The van der Waals surface area contributed by atoms with Gasteiger partial charge in [0.1, 0.15) is 23.0 Å². The predicted octanol–water partition coefficient (Wildman–Crippen LogP) is 5.04. The molecule has 0 saturated carbocycles. The molecule has 0 bridgehead atoms. The van der Waals surface area contributed by atoms with E-state index in [4.69, 9.17) is 14.9 Å². The largest absolute Gasteiger partial charge is 0.459 e. The third-order valence-corrected chi connectivity index (χ3v) is 6.47. The zero-order chi connectivity index (χ0) is 29.1. The molecule has 1 saturated heterocycles.